The SMILES string of the molecule is CO[C@H]1C(CO)O[C@@H](O[C@H]2C(CO)O[C@@H](O[C@H]3C(CO)O[C@@H](O[C@H]4C(CO)O[C@@H](O[C@H]5C(CO)O[C@@H](O[C@H]6C(CO)O[C@@H](O[C@H]7C(CO)OCC(O)C7O)C(O)C6O)C(O)C5O)C(O)C4O)C(O)C3O)C(O)C2O)C(O)C1O. The molecule has 0 aromatic carbocycles. The molecule has 35 heteroatoms. The molecule has 0 radical (unpaired) electrons. The van der Waals surface area contributed by atoms with Crippen LogP contribution >= 0.6 is 0 Å². The summed E-state index contributed by atoms with van der Waals surface area (Å²) in [6, 6.07) is 0. The molecule has 7 rings (SSSR count). The van der Waals surface area contributed by atoms with Crippen LogP contribution in [0.4, 0.5) is 0 Å². The van der Waals surface area contributed by atoms with Crippen molar-refractivity contribution >= 4 is 0 Å². The Balaban J connectivity index is 0.946. The van der Waals surface area contributed by atoms with Gasteiger partial charge in [-0.25, -0.2) is 0 Å². The molecule has 0 aliphatic carbocycles. The molecule has 7 aliphatic rings. The molecule has 0 spiro atoms. The van der Waals surface area contributed by atoms with E-state index in [4.69, 9.17) is 66.3 Å². The van der Waals surface area contributed by atoms with E-state index in [0.29, 0.717) is 0 Å². The Kier molecular flexibility index (Phi) is 23.0. The minimum Gasteiger partial charge on any atom is -0.394 e. The molecule has 0 saturated carbocycles. The zero-order valence-corrected chi connectivity index (χ0v) is 41.4. The summed E-state index contributed by atoms with van der Waals surface area (Å²) in [6.07, 6.45) is -62.1. The van der Waals surface area contributed by atoms with E-state index in [9.17, 15) is 107 Å². The first-order chi connectivity index (χ1) is 37.1. The van der Waals surface area contributed by atoms with Crippen LogP contribution in [-0.2, 0) is 66.3 Å². The molecule has 34 atom stereocenters. The van der Waals surface area contributed by atoms with Crippen LogP contribution in [0.2, 0.25) is 0 Å². The molecular formula is C43H74O35. The Morgan fingerprint density at radius 1 is 0.269 bits per heavy atom. The molecule has 0 aromatic heterocycles. The molecule has 0 aromatic rings. The maximum atomic E-state index is 11.3. The van der Waals surface area contributed by atoms with Crippen molar-refractivity contribution in [2.45, 2.75) is 209 Å². The smallest absolute Gasteiger partial charge is 0.187 e. The lowest BCUT2D eigenvalue weighted by Crippen LogP contribution is -2.68. The van der Waals surface area contributed by atoms with Crippen LogP contribution in [0, 0.1) is 0 Å². The molecule has 7 heterocycles. The van der Waals surface area contributed by atoms with Crippen LogP contribution in [0.5, 0.6) is 0 Å². The summed E-state index contributed by atoms with van der Waals surface area (Å²) < 4.78 is 77.9. The van der Waals surface area contributed by atoms with Gasteiger partial charge in [-0.3, -0.25) is 0 Å². The number of hydrogen-bond donors (Lipinski definition) is 21. The average Bonchev–Trinajstić information content (AvgIpc) is 3.49. The molecule has 35 nitrogen and oxygen atoms in total. The summed E-state index contributed by atoms with van der Waals surface area (Å²) >= 11 is 0. The summed E-state index contributed by atoms with van der Waals surface area (Å²) in [5, 5.41) is 224. The number of hydrogen-bond acceptors (Lipinski definition) is 35. The van der Waals surface area contributed by atoms with Gasteiger partial charge in [-0.05, 0) is 0 Å². The topological polar surface area (TPSA) is 554 Å². The van der Waals surface area contributed by atoms with Gasteiger partial charge in [-0.15, -0.1) is 0 Å². The third kappa shape index (κ3) is 13.1. The van der Waals surface area contributed by atoms with Gasteiger partial charge >= 0.3 is 0 Å². The molecule has 21 unspecified atom stereocenters. The van der Waals surface area contributed by atoms with Crippen molar-refractivity contribution in [1.29, 1.82) is 0 Å². The summed E-state index contributed by atoms with van der Waals surface area (Å²) in [4.78, 5) is 0. The first-order valence-electron chi connectivity index (χ1n) is 24.9. The number of rotatable bonds is 20. The molecule has 0 amide bonds. The Hall–Kier alpha value is -1.40. The fourth-order valence-electron chi connectivity index (χ4n) is 10.2. The van der Waals surface area contributed by atoms with Crippen molar-refractivity contribution in [3.8, 4) is 0 Å². The Labute approximate surface area is 441 Å². The van der Waals surface area contributed by atoms with E-state index in [2.05, 4.69) is 0 Å². The fourth-order valence-corrected chi connectivity index (χ4v) is 10.2. The standard InChI is InChI=1S/C43H74O35/c1-65-31-12(3-45)67-38(25(59)19(31)53)74-33-14(5-47)69-40(27(61)21(33)55)76-35-16(7-49)71-42(29(63)23(35)57)78-37-17(8-50)72-43(30(64)24(37)58)77-36-15(6-48)70-41(28(62)22(36)56)75-34-13(4-46)68-39(26(60)20(34)54)73-32-11(2-44)66-9-10(51)18(32)52/h10-64H,2-9H2,1H3/t10?,11?,12?,13?,14?,15?,16?,17?,18?,19?,20?,21?,22?,23?,24?,25?,26?,27?,28?,29?,30?,31-,32-,33-,34-,35-,36-,37-,38-,39-,40-,41-,42-,43-/m0/s1. The van der Waals surface area contributed by atoms with Gasteiger partial charge in [0.2, 0.25) is 0 Å². The minimum atomic E-state index is -2.21. The zero-order valence-electron chi connectivity index (χ0n) is 41.4. The first-order valence-corrected chi connectivity index (χ1v) is 24.9. The predicted octanol–water partition coefficient (Wildman–Crippen LogP) is -14.9. The third-order valence-corrected chi connectivity index (χ3v) is 14.7. The monoisotopic (exact) mass is 1150 g/mol. The van der Waals surface area contributed by atoms with Crippen molar-refractivity contribution in [3.05, 3.63) is 0 Å². The zero-order chi connectivity index (χ0) is 57.2. The van der Waals surface area contributed by atoms with E-state index >= 15 is 0 Å². The van der Waals surface area contributed by atoms with Crippen molar-refractivity contribution in [3.63, 3.8) is 0 Å². The van der Waals surface area contributed by atoms with E-state index < -0.39 is 255 Å². The normalized spacial score (nSPS) is 52.5. The predicted molar refractivity (Wildman–Crippen MR) is 235 cm³/mol. The van der Waals surface area contributed by atoms with E-state index in [1.54, 1.807) is 0 Å². The van der Waals surface area contributed by atoms with Gasteiger partial charge in [-0.1, -0.05) is 0 Å². The van der Waals surface area contributed by atoms with Gasteiger partial charge < -0.3 is 174 Å². The van der Waals surface area contributed by atoms with Crippen molar-refractivity contribution in [2.75, 3.05) is 60.0 Å². The van der Waals surface area contributed by atoms with Gasteiger partial charge in [0.15, 0.2) is 37.7 Å². The summed E-state index contributed by atoms with van der Waals surface area (Å²) in [5.41, 5.74) is 0. The highest BCUT2D eigenvalue weighted by molar-refractivity contribution is 5.01. The van der Waals surface area contributed by atoms with E-state index in [-0.39, 0.29) is 6.61 Å². The molecule has 7 saturated heterocycles. The summed E-state index contributed by atoms with van der Waals surface area (Å²) in [5.74, 6) is 0. The van der Waals surface area contributed by atoms with Crippen LogP contribution in [-0.4, -0.2) is 376 Å². The van der Waals surface area contributed by atoms with Crippen molar-refractivity contribution in [2.24, 2.45) is 0 Å². The second-order valence-electron chi connectivity index (χ2n) is 19.7. The largest absolute Gasteiger partial charge is 0.394 e. The second kappa shape index (κ2) is 28.0. The number of aliphatic hydroxyl groups is 21. The Morgan fingerprint density at radius 3 is 0.667 bits per heavy atom. The second-order valence-corrected chi connectivity index (χ2v) is 19.7. The van der Waals surface area contributed by atoms with Crippen molar-refractivity contribution < 1.29 is 174 Å². The first kappa shape index (κ1) is 64.2. The maximum Gasteiger partial charge on any atom is 0.187 e. The van der Waals surface area contributed by atoms with E-state index in [0.717, 1.165) is 0 Å². The number of methoxy groups -OCH3 is 1. The average molecular weight is 1150 g/mol. The van der Waals surface area contributed by atoms with Crippen LogP contribution in [0.3, 0.4) is 0 Å². The number of ether oxygens (including phenoxy) is 14. The van der Waals surface area contributed by atoms with Crippen LogP contribution in [0.1, 0.15) is 0 Å². The molecule has 0 bridgehead atoms. The molecular weight excluding hydrogens is 1080 g/mol. The van der Waals surface area contributed by atoms with E-state index in [1.807, 2.05) is 0 Å². The van der Waals surface area contributed by atoms with Crippen LogP contribution in [0.25, 0.3) is 0 Å². The molecule has 21 N–H and O–H groups in total. The summed E-state index contributed by atoms with van der Waals surface area (Å²) in [7, 11) is 1.18. The molecule has 78 heavy (non-hydrogen) atoms. The quantitative estimate of drug-likeness (QED) is 0.0538. The third-order valence-electron chi connectivity index (χ3n) is 14.7. The molecule has 7 aliphatic heterocycles. The van der Waals surface area contributed by atoms with Crippen molar-refractivity contribution in [1.82, 2.24) is 0 Å². The maximum absolute atomic E-state index is 11.3. The summed E-state index contributed by atoms with van der Waals surface area (Å²) in [6.45, 7) is -6.78. The van der Waals surface area contributed by atoms with Gasteiger partial charge in [0.05, 0.1) is 52.9 Å². The molecule has 7 fully saturated rings. The van der Waals surface area contributed by atoms with Gasteiger partial charge in [0, 0.05) is 7.11 Å². The van der Waals surface area contributed by atoms with Crippen LogP contribution in [0.15, 0.2) is 0 Å². The fraction of sp³-hybridized carbons (Fsp3) is 1.00. The number of aliphatic hydroxyl groups excluding tert-OH is 21. The lowest BCUT2D eigenvalue weighted by molar-refractivity contribution is -0.397. The Bertz CT molecular complexity index is 1790. The van der Waals surface area contributed by atoms with Gasteiger partial charge in [0.1, 0.15) is 171 Å². The highest BCUT2D eigenvalue weighted by Crippen LogP contribution is 2.37. The Morgan fingerprint density at radius 2 is 0.462 bits per heavy atom. The lowest BCUT2D eigenvalue weighted by atomic mass is 9.95. The van der Waals surface area contributed by atoms with Gasteiger partial charge in [-0.2, -0.15) is 0 Å². The van der Waals surface area contributed by atoms with Gasteiger partial charge in [0.25, 0.3) is 0 Å². The highest BCUT2D eigenvalue weighted by Gasteiger charge is 2.58. The highest BCUT2D eigenvalue weighted by atomic mass is 16.8. The lowest BCUT2D eigenvalue weighted by Gasteiger charge is -2.50. The molecule has 456 valence electrons. The van der Waals surface area contributed by atoms with Crippen LogP contribution < -0.4 is 0 Å². The van der Waals surface area contributed by atoms with E-state index in [1.165, 1.54) is 7.11 Å². The minimum absolute atomic E-state index is 0.366.